The first-order chi connectivity index (χ1) is 13.0. The van der Waals surface area contributed by atoms with Crippen LogP contribution in [0.15, 0.2) is 53.7 Å². The minimum atomic E-state index is -3.71. The van der Waals surface area contributed by atoms with E-state index in [2.05, 4.69) is 15.0 Å². The lowest BCUT2D eigenvalue weighted by Gasteiger charge is -2.32. The maximum absolute atomic E-state index is 12.7. The van der Waals surface area contributed by atoms with Gasteiger partial charge in [-0.05, 0) is 68.8 Å². The Hall–Kier alpha value is -2.45. The topological polar surface area (TPSA) is 91.4 Å². The van der Waals surface area contributed by atoms with Crippen molar-refractivity contribution in [2.45, 2.75) is 17.7 Å². The number of amides is 1. The summed E-state index contributed by atoms with van der Waals surface area (Å²) in [6.45, 7) is 2.35. The van der Waals surface area contributed by atoms with Crippen LogP contribution < -0.4 is 10.0 Å². The van der Waals surface area contributed by atoms with Crippen molar-refractivity contribution in [1.82, 2.24) is 15.2 Å². The Bertz CT molecular complexity index is 868. The van der Waals surface area contributed by atoms with E-state index in [4.69, 9.17) is 0 Å². The van der Waals surface area contributed by atoms with Crippen molar-refractivity contribution in [1.29, 1.82) is 0 Å². The summed E-state index contributed by atoms with van der Waals surface area (Å²) in [5.41, 5.74) is 0.942. The Labute approximate surface area is 159 Å². The summed E-state index contributed by atoms with van der Waals surface area (Å²) >= 11 is 0. The lowest BCUT2D eigenvalue weighted by atomic mass is 9.97. The van der Waals surface area contributed by atoms with Gasteiger partial charge in [0.25, 0.3) is 15.9 Å². The summed E-state index contributed by atoms with van der Waals surface area (Å²) in [5.74, 6) is 0.402. The van der Waals surface area contributed by atoms with E-state index in [1.54, 1.807) is 24.3 Å². The van der Waals surface area contributed by atoms with Crippen LogP contribution >= 0.6 is 0 Å². The number of anilines is 1. The Morgan fingerprint density at radius 1 is 1.19 bits per heavy atom. The molecule has 3 rings (SSSR count). The van der Waals surface area contributed by atoms with Gasteiger partial charge in [0.15, 0.2) is 0 Å². The van der Waals surface area contributed by atoms with Crippen LogP contribution in [0.1, 0.15) is 23.2 Å². The number of hydrogen-bond donors (Lipinski definition) is 2. The molecule has 2 heterocycles. The van der Waals surface area contributed by atoms with Crippen LogP contribution in [0.4, 0.5) is 5.69 Å². The van der Waals surface area contributed by atoms with Gasteiger partial charge in [0.05, 0.1) is 10.6 Å². The quantitative estimate of drug-likeness (QED) is 0.789. The predicted molar refractivity (Wildman–Crippen MR) is 104 cm³/mol. The van der Waals surface area contributed by atoms with Crippen molar-refractivity contribution in [3.05, 3.63) is 54.4 Å². The largest absolute Gasteiger partial charge is 0.338 e. The summed E-state index contributed by atoms with van der Waals surface area (Å²) in [4.78, 5) is 18.6. The molecule has 1 aliphatic rings. The second kappa shape index (κ2) is 8.49. The lowest BCUT2D eigenvalue weighted by molar-refractivity contribution is 0.0674. The van der Waals surface area contributed by atoms with Gasteiger partial charge in [-0.15, -0.1) is 0 Å². The molecule has 144 valence electrons. The van der Waals surface area contributed by atoms with Gasteiger partial charge in [0, 0.05) is 31.0 Å². The average Bonchev–Trinajstić information content (AvgIpc) is 2.68. The number of pyridine rings is 1. The average molecular weight is 388 g/mol. The highest BCUT2D eigenvalue weighted by atomic mass is 32.2. The van der Waals surface area contributed by atoms with Crippen LogP contribution in [-0.4, -0.2) is 50.9 Å². The molecule has 8 heteroatoms. The smallest absolute Gasteiger partial charge is 0.261 e. The van der Waals surface area contributed by atoms with E-state index in [0.29, 0.717) is 17.2 Å². The number of likely N-dealkylation sites (tertiary alicyclic amines) is 1. The number of piperidine rings is 1. The first-order valence-corrected chi connectivity index (χ1v) is 10.4. The molecule has 1 saturated heterocycles. The van der Waals surface area contributed by atoms with Crippen LogP contribution in [0.2, 0.25) is 0 Å². The summed E-state index contributed by atoms with van der Waals surface area (Å²) in [6.07, 6.45) is 5.13. The third-order valence-corrected chi connectivity index (χ3v) is 6.04. The van der Waals surface area contributed by atoms with Gasteiger partial charge in [0.1, 0.15) is 0 Å². The van der Waals surface area contributed by atoms with Crippen molar-refractivity contribution in [3.8, 4) is 0 Å². The summed E-state index contributed by atoms with van der Waals surface area (Å²) < 4.78 is 27.4. The Morgan fingerprint density at radius 3 is 2.56 bits per heavy atom. The molecule has 1 aromatic carbocycles. The van der Waals surface area contributed by atoms with Gasteiger partial charge in [-0.25, -0.2) is 8.42 Å². The summed E-state index contributed by atoms with van der Waals surface area (Å²) in [6, 6.07) is 9.23. The fourth-order valence-corrected chi connectivity index (χ4v) is 4.36. The van der Waals surface area contributed by atoms with E-state index in [9.17, 15) is 13.2 Å². The van der Waals surface area contributed by atoms with Crippen LogP contribution in [0.25, 0.3) is 0 Å². The van der Waals surface area contributed by atoms with Crippen molar-refractivity contribution < 1.29 is 13.2 Å². The minimum absolute atomic E-state index is 0.0538. The summed E-state index contributed by atoms with van der Waals surface area (Å²) in [5, 5.41) is 3.17. The molecule has 1 fully saturated rings. The van der Waals surface area contributed by atoms with Gasteiger partial charge in [0.2, 0.25) is 0 Å². The zero-order chi connectivity index (χ0) is 19.3. The maximum Gasteiger partial charge on any atom is 0.261 e. The number of hydrogen-bond acceptors (Lipinski definition) is 5. The number of rotatable bonds is 6. The molecule has 0 aliphatic carbocycles. The molecule has 1 amide bonds. The maximum atomic E-state index is 12.7. The third kappa shape index (κ3) is 4.84. The molecular weight excluding hydrogens is 364 g/mol. The minimum Gasteiger partial charge on any atom is -0.338 e. The lowest BCUT2D eigenvalue weighted by Crippen LogP contribution is -2.42. The summed E-state index contributed by atoms with van der Waals surface area (Å²) in [7, 11) is -1.79. The first kappa shape index (κ1) is 19.3. The molecule has 1 atom stereocenters. The fourth-order valence-electron chi connectivity index (χ4n) is 3.30. The molecule has 0 spiro atoms. The molecule has 0 bridgehead atoms. The number of aromatic nitrogens is 1. The molecule has 27 heavy (non-hydrogen) atoms. The molecular formula is C19H24N4O3S. The van der Waals surface area contributed by atoms with Gasteiger partial charge in [-0.1, -0.05) is 0 Å². The van der Waals surface area contributed by atoms with Crippen molar-refractivity contribution in [2.75, 3.05) is 31.4 Å². The monoisotopic (exact) mass is 388 g/mol. The van der Waals surface area contributed by atoms with Gasteiger partial charge in [-0.2, -0.15) is 0 Å². The van der Waals surface area contributed by atoms with E-state index in [1.807, 2.05) is 11.9 Å². The molecule has 1 unspecified atom stereocenters. The van der Waals surface area contributed by atoms with Crippen molar-refractivity contribution in [3.63, 3.8) is 0 Å². The standard InChI is InChI=1S/C19H24N4O3S/c1-20-13-15-3-2-12-23(14-15)19(24)16-4-6-18(7-5-16)27(25,26)22-17-8-10-21-11-9-17/h4-11,15,20H,2-3,12-14H2,1H3,(H,21,22). The normalized spacial score (nSPS) is 17.5. The van der Waals surface area contributed by atoms with E-state index in [1.165, 1.54) is 24.5 Å². The van der Waals surface area contributed by atoms with E-state index >= 15 is 0 Å². The number of benzene rings is 1. The zero-order valence-corrected chi connectivity index (χ0v) is 16.1. The molecule has 2 N–H and O–H groups in total. The fraction of sp³-hybridized carbons (Fsp3) is 0.368. The van der Waals surface area contributed by atoms with Crippen molar-refractivity contribution >= 4 is 21.6 Å². The van der Waals surface area contributed by atoms with Crippen LogP contribution in [0.5, 0.6) is 0 Å². The van der Waals surface area contributed by atoms with E-state index in [-0.39, 0.29) is 10.8 Å². The molecule has 7 nitrogen and oxygen atoms in total. The van der Waals surface area contributed by atoms with Crippen LogP contribution in [0, 0.1) is 5.92 Å². The highest BCUT2D eigenvalue weighted by molar-refractivity contribution is 7.92. The molecule has 1 aromatic heterocycles. The van der Waals surface area contributed by atoms with Crippen molar-refractivity contribution in [2.24, 2.45) is 5.92 Å². The first-order valence-electron chi connectivity index (χ1n) is 8.96. The van der Waals surface area contributed by atoms with Gasteiger partial charge >= 0.3 is 0 Å². The van der Waals surface area contributed by atoms with Gasteiger partial charge < -0.3 is 10.2 Å². The molecule has 1 aliphatic heterocycles. The highest BCUT2D eigenvalue weighted by Crippen LogP contribution is 2.20. The number of carbonyl (C=O) groups is 1. The molecule has 2 aromatic rings. The highest BCUT2D eigenvalue weighted by Gasteiger charge is 2.24. The van der Waals surface area contributed by atoms with Crippen LogP contribution in [0.3, 0.4) is 0 Å². The second-order valence-electron chi connectivity index (χ2n) is 6.68. The number of nitrogens with zero attached hydrogens (tertiary/aromatic N) is 2. The van der Waals surface area contributed by atoms with Crippen LogP contribution in [-0.2, 0) is 10.0 Å². The number of sulfonamides is 1. The third-order valence-electron chi connectivity index (χ3n) is 4.64. The Kier molecular flexibility index (Phi) is 6.08. The van der Waals surface area contributed by atoms with E-state index < -0.39 is 10.0 Å². The number of carbonyl (C=O) groups excluding carboxylic acids is 1. The molecule has 0 saturated carbocycles. The predicted octanol–water partition coefficient (Wildman–Crippen LogP) is 1.95. The zero-order valence-electron chi connectivity index (χ0n) is 15.3. The SMILES string of the molecule is CNCC1CCCN(C(=O)c2ccc(S(=O)(=O)Nc3ccncc3)cc2)C1. The molecule has 0 radical (unpaired) electrons. The number of nitrogens with one attached hydrogen (secondary N) is 2. The Balaban J connectivity index is 1.70. The Morgan fingerprint density at radius 2 is 1.89 bits per heavy atom. The second-order valence-corrected chi connectivity index (χ2v) is 8.37. The van der Waals surface area contributed by atoms with Gasteiger partial charge in [-0.3, -0.25) is 14.5 Å². The van der Waals surface area contributed by atoms with E-state index in [0.717, 1.165) is 32.5 Å².